The summed E-state index contributed by atoms with van der Waals surface area (Å²) in [5.74, 6) is -2.55. The molecule has 11 nitrogen and oxygen atoms in total. The highest BCUT2D eigenvalue weighted by Crippen LogP contribution is 2.43. The van der Waals surface area contributed by atoms with E-state index >= 15 is 0 Å². The third kappa shape index (κ3) is 38.7. The summed E-state index contributed by atoms with van der Waals surface area (Å²) in [5, 5.41) is 8.88. The largest absolute Gasteiger partial charge is 0.480 e. The van der Waals surface area contributed by atoms with Gasteiger partial charge in [0.2, 0.25) is 0 Å². The van der Waals surface area contributed by atoms with E-state index in [2.05, 4.69) is 116 Å². The first-order valence-corrected chi connectivity index (χ1v) is 22.1. The smallest absolute Gasteiger partial charge is 0.472 e. The van der Waals surface area contributed by atoms with E-state index in [1.807, 2.05) is 24.3 Å². The van der Waals surface area contributed by atoms with Gasteiger partial charge in [-0.1, -0.05) is 135 Å². The number of carboxylic acids is 1. The lowest BCUT2D eigenvalue weighted by Crippen LogP contribution is -2.34. The fourth-order valence-corrected chi connectivity index (χ4v) is 5.32. The molecule has 0 amide bonds. The molecular formula is C46H70NO10P. The van der Waals surface area contributed by atoms with Crippen LogP contribution in [0.15, 0.2) is 122 Å². The van der Waals surface area contributed by atoms with Gasteiger partial charge in [0.05, 0.1) is 13.2 Å². The van der Waals surface area contributed by atoms with Crippen LogP contribution in [0.5, 0.6) is 0 Å². The Labute approximate surface area is 348 Å². The lowest BCUT2D eigenvalue weighted by molar-refractivity contribution is -0.161. The molecule has 0 aliphatic carbocycles. The van der Waals surface area contributed by atoms with Crippen LogP contribution in [0.4, 0.5) is 0 Å². The molecule has 3 unspecified atom stereocenters. The number of hydrogen-bond acceptors (Lipinski definition) is 9. The van der Waals surface area contributed by atoms with Gasteiger partial charge in [0.25, 0.3) is 0 Å². The molecule has 324 valence electrons. The van der Waals surface area contributed by atoms with Crippen molar-refractivity contribution in [2.24, 2.45) is 5.73 Å². The monoisotopic (exact) mass is 827 g/mol. The number of unbranched alkanes of at least 4 members (excludes halogenated alkanes) is 2. The number of carbonyl (C=O) groups excluding carboxylic acids is 2. The highest BCUT2D eigenvalue weighted by atomic mass is 31.2. The van der Waals surface area contributed by atoms with Gasteiger partial charge in [-0.3, -0.25) is 23.4 Å². The molecule has 3 atom stereocenters. The zero-order valence-corrected chi connectivity index (χ0v) is 35.7. The average Bonchev–Trinajstić information content (AvgIpc) is 3.20. The van der Waals surface area contributed by atoms with Crippen molar-refractivity contribution in [2.75, 3.05) is 19.8 Å². The Hall–Kier alpha value is -4.12. The fraction of sp³-hybridized carbons (Fsp3) is 0.500. The topological polar surface area (TPSA) is 172 Å². The highest BCUT2D eigenvalue weighted by molar-refractivity contribution is 7.47. The molecule has 0 heterocycles. The Kier molecular flexibility index (Phi) is 36.9. The number of rotatable bonds is 36. The SMILES string of the molecule is CC/C=C\C/C=C\C/C=C\C/C=C\C/C=C\CCCC(=O)OCC(COP(=O)(O)OCC(N)C(=O)O)OC(=O)CCC/C=C\C/C=C\C/C=C\C/C=C\C/C=C\CC. The number of carbonyl (C=O) groups is 3. The molecule has 0 radical (unpaired) electrons. The van der Waals surface area contributed by atoms with Crippen LogP contribution >= 0.6 is 7.82 Å². The minimum atomic E-state index is -4.75. The molecule has 0 aromatic rings. The fourth-order valence-electron chi connectivity index (χ4n) is 4.55. The third-order valence-electron chi connectivity index (χ3n) is 7.71. The normalized spacial score (nSPS) is 15.0. The van der Waals surface area contributed by atoms with Crippen LogP contribution in [0.2, 0.25) is 0 Å². The molecule has 0 aliphatic rings. The van der Waals surface area contributed by atoms with E-state index in [-0.39, 0.29) is 12.8 Å². The molecule has 0 aromatic carbocycles. The number of phosphoric acid groups is 1. The molecule has 0 saturated carbocycles. The number of phosphoric ester groups is 1. The van der Waals surface area contributed by atoms with E-state index in [0.29, 0.717) is 25.7 Å². The number of esters is 2. The van der Waals surface area contributed by atoms with Crippen LogP contribution in [0.1, 0.15) is 117 Å². The van der Waals surface area contributed by atoms with Crippen LogP contribution in [0.3, 0.4) is 0 Å². The second-order valence-corrected chi connectivity index (χ2v) is 14.5. The molecule has 0 rings (SSSR count). The quantitative estimate of drug-likeness (QED) is 0.0237. The average molecular weight is 828 g/mol. The van der Waals surface area contributed by atoms with Crippen molar-refractivity contribution in [3.63, 3.8) is 0 Å². The second-order valence-electron chi connectivity index (χ2n) is 13.0. The third-order valence-corrected chi connectivity index (χ3v) is 8.66. The summed E-state index contributed by atoms with van der Waals surface area (Å²) in [6.45, 7) is 2.42. The van der Waals surface area contributed by atoms with Crippen molar-refractivity contribution >= 4 is 25.7 Å². The predicted molar refractivity (Wildman–Crippen MR) is 235 cm³/mol. The Morgan fingerprint density at radius 1 is 0.534 bits per heavy atom. The molecule has 0 bridgehead atoms. The second kappa shape index (κ2) is 39.7. The van der Waals surface area contributed by atoms with Crippen LogP contribution in [-0.2, 0) is 37.5 Å². The summed E-state index contributed by atoms with van der Waals surface area (Å²) < 4.78 is 32.5. The first-order chi connectivity index (χ1) is 28.1. The van der Waals surface area contributed by atoms with Crippen LogP contribution < -0.4 is 5.73 Å². The van der Waals surface area contributed by atoms with Crippen molar-refractivity contribution in [1.29, 1.82) is 0 Å². The number of ether oxygens (including phenoxy) is 2. The van der Waals surface area contributed by atoms with Crippen molar-refractivity contribution in [1.82, 2.24) is 0 Å². The van der Waals surface area contributed by atoms with Gasteiger partial charge >= 0.3 is 25.7 Å². The van der Waals surface area contributed by atoms with Crippen LogP contribution in [-0.4, -0.2) is 59.9 Å². The van der Waals surface area contributed by atoms with Crippen LogP contribution in [0.25, 0.3) is 0 Å². The lowest BCUT2D eigenvalue weighted by atomic mass is 10.2. The number of allylic oxidation sites excluding steroid dienone is 20. The van der Waals surface area contributed by atoms with E-state index < -0.39 is 57.7 Å². The van der Waals surface area contributed by atoms with Crippen LogP contribution in [0, 0.1) is 0 Å². The minimum absolute atomic E-state index is 0.0623. The number of carboxylic acid groups (broad SMARTS) is 1. The Bertz CT molecular complexity index is 1440. The summed E-state index contributed by atoms with van der Waals surface area (Å²) in [4.78, 5) is 45.9. The zero-order chi connectivity index (χ0) is 42.8. The van der Waals surface area contributed by atoms with Gasteiger partial charge < -0.3 is 25.2 Å². The summed E-state index contributed by atoms with van der Waals surface area (Å²) in [6.07, 6.45) is 52.8. The maximum atomic E-state index is 12.6. The lowest BCUT2D eigenvalue weighted by Gasteiger charge is -2.20. The zero-order valence-electron chi connectivity index (χ0n) is 34.8. The van der Waals surface area contributed by atoms with E-state index in [1.165, 1.54) is 0 Å². The van der Waals surface area contributed by atoms with Gasteiger partial charge in [-0.2, -0.15) is 0 Å². The van der Waals surface area contributed by atoms with Gasteiger partial charge in [0.15, 0.2) is 6.10 Å². The van der Waals surface area contributed by atoms with E-state index in [1.54, 1.807) is 0 Å². The molecule has 58 heavy (non-hydrogen) atoms. The standard InChI is InChI=1S/C46H70NO10P/c1-3-5-7-9-11-13-15-17-19-21-23-25-27-29-31-33-35-37-44(48)54-39-42(40-55-58(52,53)56-41-43(47)46(50)51)57-45(49)38-36-34-32-30-28-26-24-22-20-18-16-14-12-10-8-6-4-2/h5-8,11-14,17-20,23-26,29-32,42-43H,3-4,9-10,15-16,21-22,27-28,33-41,47H2,1-2H3,(H,50,51)(H,52,53)/b7-5-,8-6-,13-11-,14-12-,19-17-,20-18-,25-23-,26-24-,31-29-,32-30-. The first-order valence-electron chi connectivity index (χ1n) is 20.6. The number of hydrogen-bond donors (Lipinski definition) is 3. The predicted octanol–water partition coefficient (Wildman–Crippen LogP) is 10.8. The molecule has 12 heteroatoms. The molecule has 4 N–H and O–H groups in total. The van der Waals surface area contributed by atoms with E-state index in [4.69, 9.17) is 24.8 Å². The molecule has 0 spiro atoms. The summed E-state index contributed by atoms with van der Waals surface area (Å²) in [7, 11) is -4.75. The van der Waals surface area contributed by atoms with E-state index in [9.17, 15) is 23.8 Å². The summed E-state index contributed by atoms with van der Waals surface area (Å²) in [5.41, 5.74) is 5.32. The molecular weight excluding hydrogens is 757 g/mol. The van der Waals surface area contributed by atoms with Gasteiger partial charge in [0, 0.05) is 12.8 Å². The van der Waals surface area contributed by atoms with Crippen molar-refractivity contribution in [2.45, 2.75) is 129 Å². The molecule has 0 saturated heterocycles. The molecule has 0 aromatic heterocycles. The van der Waals surface area contributed by atoms with Gasteiger partial charge in [-0.25, -0.2) is 4.57 Å². The summed E-state index contributed by atoms with van der Waals surface area (Å²) >= 11 is 0. The van der Waals surface area contributed by atoms with E-state index in [0.717, 1.165) is 64.2 Å². The van der Waals surface area contributed by atoms with Crippen molar-refractivity contribution < 1.29 is 47.5 Å². The Morgan fingerprint density at radius 2 is 0.879 bits per heavy atom. The molecule has 0 aliphatic heterocycles. The number of nitrogens with two attached hydrogens (primary N) is 1. The minimum Gasteiger partial charge on any atom is -0.480 e. The van der Waals surface area contributed by atoms with Gasteiger partial charge in [0.1, 0.15) is 12.6 Å². The highest BCUT2D eigenvalue weighted by Gasteiger charge is 2.28. The van der Waals surface area contributed by atoms with Crippen molar-refractivity contribution in [3.8, 4) is 0 Å². The number of aliphatic carboxylic acids is 1. The van der Waals surface area contributed by atoms with Gasteiger partial charge in [-0.05, 0) is 89.9 Å². The van der Waals surface area contributed by atoms with Gasteiger partial charge in [-0.15, -0.1) is 0 Å². The molecule has 0 fully saturated rings. The summed E-state index contributed by atoms with van der Waals surface area (Å²) in [6, 6.07) is -1.55. The Balaban J connectivity index is 4.62. The maximum Gasteiger partial charge on any atom is 0.472 e. The maximum absolute atomic E-state index is 12.6. The first kappa shape index (κ1) is 53.9. The van der Waals surface area contributed by atoms with Crippen molar-refractivity contribution in [3.05, 3.63) is 122 Å². The Morgan fingerprint density at radius 3 is 1.26 bits per heavy atom.